The number of rotatable bonds is 7. The summed E-state index contributed by atoms with van der Waals surface area (Å²) in [6.45, 7) is 5.85. The summed E-state index contributed by atoms with van der Waals surface area (Å²) >= 11 is 0. The zero-order valence-electron chi connectivity index (χ0n) is 10.5. The molecule has 0 saturated carbocycles. The molecule has 0 bridgehead atoms. The third kappa shape index (κ3) is 5.70. The number of carbonyl (C=O) groups is 2. The summed E-state index contributed by atoms with van der Waals surface area (Å²) in [6.07, 6.45) is 0.872. The molecule has 0 rings (SSSR count). The molecule has 0 aromatic carbocycles. The molecule has 1 amide bonds. The molecule has 5 heteroatoms. The fourth-order valence-corrected chi connectivity index (χ4v) is 0.817. The van der Waals surface area contributed by atoms with Gasteiger partial charge in [0, 0.05) is 7.11 Å². The molecule has 94 valence electrons. The summed E-state index contributed by atoms with van der Waals surface area (Å²) in [5.74, 6) is -0.460. The molecule has 0 aliphatic heterocycles. The van der Waals surface area contributed by atoms with E-state index in [1.54, 1.807) is 0 Å². The van der Waals surface area contributed by atoms with Gasteiger partial charge in [0.2, 0.25) is 5.91 Å². The summed E-state index contributed by atoms with van der Waals surface area (Å²) in [5, 5.41) is 2.51. The molecule has 0 spiro atoms. The Morgan fingerprint density at radius 1 is 1.31 bits per heavy atom. The maximum absolute atomic E-state index is 11.5. The van der Waals surface area contributed by atoms with Crippen LogP contribution < -0.4 is 5.32 Å². The average Bonchev–Trinajstić information content (AvgIpc) is 2.26. The molecule has 0 atom stereocenters. The number of esters is 1. The lowest BCUT2D eigenvalue weighted by Gasteiger charge is -2.20. The van der Waals surface area contributed by atoms with Gasteiger partial charge in [0.1, 0.15) is 13.3 Å². The smallest absolute Gasteiger partial charge is 0.311 e. The molecule has 0 heterocycles. The van der Waals surface area contributed by atoms with E-state index < -0.39 is 5.41 Å². The highest BCUT2D eigenvalue weighted by molar-refractivity contribution is 5.78. The Morgan fingerprint density at radius 3 is 2.44 bits per heavy atom. The lowest BCUT2D eigenvalue weighted by atomic mass is 9.91. The Balaban J connectivity index is 3.74. The molecule has 0 aromatic rings. The first kappa shape index (κ1) is 14.9. The summed E-state index contributed by atoms with van der Waals surface area (Å²) < 4.78 is 9.68. The summed E-state index contributed by atoms with van der Waals surface area (Å²) in [7, 11) is 1.49. The fourth-order valence-electron chi connectivity index (χ4n) is 0.817. The largest absolute Gasteiger partial charge is 0.465 e. The number of methoxy groups -OCH3 is 1. The van der Waals surface area contributed by atoms with Crippen molar-refractivity contribution in [1.82, 2.24) is 5.32 Å². The SMILES string of the molecule is CCC(C)(C)C(=O)OCCC(=O)NCOC. The second-order valence-electron chi connectivity index (χ2n) is 4.16. The van der Waals surface area contributed by atoms with Crippen LogP contribution in [0.25, 0.3) is 0 Å². The summed E-state index contributed by atoms with van der Waals surface area (Å²) in [6, 6.07) is 0. The normalized spacial score (nSPS) is 11.0. The van der Waals surface area contributed by atoms with Crippen molar-refractivity contribution in [2.45, 2.75) is 33.6 Å². The number of ether oxygens (including phenoxy) is 2. The van der Waals surface area contributed by atoms with E-state index in [2.05, 4.69) is 10.1 Å². The second kappa shape index (κ2) is 7.22. The van der Waals surface area contributed by atoms with Crippen molar-refractivity contribution in [3.05, 3.63) is 0 Å². The predicted molar refractivity (Wildman–Crippen MR) is 59.7 cm³/mol. The van der Waals surface area contributed by atoms with Gasteiger partial charge in [0.25, 0.3) is 0 Å². The van der Waals surface area contributed by atoms with Gasteiger partial charge in [-0.1, -0.05) is 6.92 Å². The van der Waals surface area contributed by atoms with E-state index in [1.165, 1.54) is 7.11 Å². The van der Waals surface area contributed by atoms with Crippen LogP contribution >= 0.6 is 0 Å². The van der Waals surface area contributed by atoms with Crippen molar-refractivity contribution in [3.63, 3.8) is 0 Å². The van der Waals surface area contributed by atoms with Crippen LogP contribution in [0.2, 0.25) is 0 Å². The van der Waals surface area contributed by atoms with E-state index in [9.17, 15) is 9.59 Å². The molecule has 16 heavy (non-hydrogen) atoms. The van der Waals surface area contributed by atoms with E-state index >= 15 is 0 Å². The van der Waals surface area contributed by atoms with Crippen LogP contribution in [0.1, 0.15) is 33.6 Å². The zero-order valence-corrected chi connectivity index (χ0v) is 10.5. The second-order valence-corrected chi connectivity index (χ2v) is 4.16. The molecule has 0 radical (unpaired) electrons. The van der Waals surface area contributed by atoms with Crippen LogP contribution in [0.4, 0.5) is 0 Å². The topological polar surface area (TPSA) is 64.6 Å². The summed E-state index contributed by atoms with van der Waals surface area (Å²) in [5.41, 5.74) is -0.483. The molecule has 1 N–H and O–H groups in total. The molecule has 0 aliphatic carbocycles. The van der Waals surface area contributed by atoms with Gasteiger partial charge in [-0.15, -0.1) is 0 Å². The van der Waals surface area contributed by atoms with Gasteiger partial charge in [-0.2, -0.15) is 0 Å². The minimum absolute atomic E-state index is 0.109. The summed E-state index contributed by atoms with van der Waals surface area (Å²) in [4.78, 5) is 22.6. The first-order chi connectivity index (χ1) is 7.44. The maximum atomic E-state index is 11.5. The van der Waals surface area contributed by atoms with E-state index in [-0.39, 0.29) is 31.6 Å². The molecule has 0 unspecified atom stereocenters. The lowest BCUT2D eigenvalue weighted by molar-refractivity contribution is -0.154. The van der Waals surface area contributed by atoms with Crippen LogP contribution in [-0.4, -0.2) is 32.3 Å². The molecule has 5 nitrogen and oxygen atoms in total. The number of amides is 1. The minimum Gasteiger partial charge on any atom is -0.465 e. The van der Waals surface area contributed by atoms with Crippen molar-refractivity contribution in [3.8, 4) is 0 Å². The van der Waals surface area contributed by atoms with Crippen molar-refractivity contribution < 1.29 is 19.1 Å². The fraction of sp³-hybridized carbons (Fsp3) is 0.818. The monoisotopic (exact) mass is 231 g/mol. The number of hydrogen-bond acceptors (Lipinski definition) is 4. The number of hydrogen-bond donors (Lipinski definition) is 1. The first-order valence-corrected chi connectivity index (χ1v) is 5.37. The number of nitrogens with one attached hydrogen (secondary N) is 1. The van der Waals surface area contributed by atoms with Gasteiger partial charge in [-0.3, -0.25) is 9.59 Å². The van der Waals surface area contributed by atoms with Crippen LogP contribution in [0.5, 0.6) is 0 Å². The van der Waals surface area contributed by atoms with Crippen LogP contribution in [-0.2, 0) is 19.1 Å². The van der Waals surface area contributed by atoms with Crippen LogP contribution in [0.3, 0.4) is 0 Å². The molecular formula is C11H21NO4. The molecule has 0 fully saturated rings. The quantitative estimate of drug-likeness (QED) is 0.526. The van der Waals surface area contributed by atoms with E-state index in [4.69, 9.17) is 4.74 Å². The number of carbonyl (C=O) groups excluding carboxylic acids is 2. The molecule has 0 saturated heterocycles. The zero-order chi connectivity index (χ0) is 12.6. The van der Waals surface area contributed by atoms with Crippen LogP contribution in [0.15, 0.2) is 0 Å². The lowest BCUT2D eigenvalue weighted by Crippen LogP contribution is -2.29. The third-order valence-corrected chi connectivity index (χ3v) is 2.41. The Labute approximate surface area is 96.5 Å². The van der Waals surface area contributed by atoms with Crippen molar-refractivity contribution in [2.75, 3.05) is 20.4 Å². The van der Waals surface area contributed by atoms with E-state index in [0.717, 1.165) is 0 Å². The Morgan fingerprint density at radius 2 is 1.94 bits per heavy atom. The predicted octanol–water partition coefficient (Wildman–Crippen LogP) is 1.08. The van der Waals surface area contributed by atoms with Crippen molar-refractivity contribution in [1.29, 1.82) is 0 Å². The molecule has 0 aliphatic rings. The highest BCUT2D eigenvalue weighted by Crippen LogP contribution is 2.21. The van der Waals surface area contributed by atoms with Gasteiger partial charge in [0.05, 0.1) is 11.8 Å². The van der Waals surface area contributed by atoms with Gasteiger partial charge in [0.15, 0.2) is 0 Å². The Hall–Kier alpha value is -1.10. The van der Waals surface area contributed by atoms with Crippen LogP contribution in [0, 0.1) is 5.41 Å². The first-order valence-electron chi connectivity index (χ1n) is 5.37. The Bertz CT molecular complexity index is 238. The third-order valence-electron chi connectivity index (χ3n) is 2.41. The standard InChI is InChI=1S/C11H21NO4/c1-5-11(2,3)10(14)16-7-6-9(13)12-8-15-4/h5-8H2,1-4H3,(H,12,13). The highest BCUT2D eigenvalue weighted by Gasteiger charge is 2.26. The molecular weight excluding hydrogens is 210 g/mol. The maximum Gasteiger partial charge on any atom is 0.311 e. The van der Waals surface area contributed by atoms with Gasteiger partial charge < -0.3 is 14.8 Å². The van der Waals surface area contributed by atoms with Crippen molar-refractivity contribution >= 4 is 11.9 Å². The minimum atomic E-state index is -0.483. The van der Waals surface area contributed by atoms with Gasteiger partial charge in [-0.05, 0) is 20.3 Å². The van der Waals surface area contributed by atoms with Gasteiger partial charge >= 0.3 is 5.97 Å². The van der Waals surface area contributed by atoms with Crippen molar-refractivity contribution in [2.24, 2.45) is 5.41 Å². The van der Waals surface area contributed by atoms with Gasteiger partial charge in [-0.25, -0.2) is 0 Å². The Kier molecular flexibility index (Phi) is 6.72. The van der Waals surface area contributed by atoms with E-state index in [0.29, 0.717) is 6.42 Å². The van der Waals surface area contributed by atoms with E-state index in [1.807, 2.05) is 20.8 Å². The molecule has 0 aromatic heterocycles. The highest BCUT2D eigenvalue weighted by atomic mass is 16.5. The average molecular weight is 231 g/mol.